The second-order valence-electron chi connectivity index (χ2n) is 6.99. The third-order valence-electron chi connectivity index (χ3n) is 5.54. The van der Waals surface area contributed by atoms with Crippen molar-refractivity contribution in [2.24, 2.45) is 0 Å². The third-order valence-corrected chi connectivity index (χ3v) is 5.54. The fourth-order valence-electron chi connectivity index (χ4n) is 4.33. The van der Waals surface area contributed by atoms with E-state index < -0.39 is 0 Å². The smallest absolute Gasteiger partial charge is 0.0224 e. The topological polar surface area (TPSA) is 6.48 Å². The Balaban J connectivity index is 2.01. The number of hydrogen-bond donors (Lipinski definition) is 0. The lowest BCUT2D eigenvalue weighted by molar-refractivity contribution is -0.0197. The number of piperidine rings is 1. The maximum Gasteiger partial charge on any atom is 0.0224 e. The molecule has 0 amide bonds. The van der Waals surface area contributed by atoms with Crippen molar-refractivity contribution in [3.63, 3.8) is 0 Å². The van der Waals surface area contributed by atoms with Gasteiger partial charge in [-0.15, -0.1) is 0 Å². The molecule has 0 saturated carbocycles. The van der Waals surface area contributed by atoms with E-state index in [1.54, 1.807) is 0 Å². The predicted octanol–water partition coefficient (Wildman–Crippen LogP) is 4.29. The molecule has 0 radical (unpaired) electrons. The van der Waals surface area contributed by atoms with E-state index in [9.17, 15) is 0 Å². The third kappa shape index (κ3) is 3.98. The SMILES string of the molecule is CCCCC(CCC)N1CC2CCCCN2CC1CC. The second-order valence-corrected chi connectivity index (χ2v) is 6.99. The molecule has 0 aliphatic carbocycles. The lowest BCUT2D eigenvalue weighted by atomic mass is 9.92. The quantitative estimate of drug-likeness (QED) is 0.686. The molecule has 0 spiro atoms. The number of nitrogens with zero attached hydrogens (tertiary/aromatic N) is 2. The van der Waals surface area contributed by atoms with Crippen LogP contribution >= 0.6 is 0 Å². The Hall–Kier alpha value is -0.0800. The molecular formula is C18H36N2. The molecule has 0 aromatic carbocycles. The molecule has 3 atom stereocenters. The summed E-state index contributed by atoms with van der Waals surface area (Å²) in [5.41, 5.74) is 0. The monoisotopic (exact) mass is 280 g/mol. The molecule has 20 heavy (non-hydrogen) atoms. The first-order valence-electron chi connectivity index (χ1n) is 9.29. The van der Waals surface area contributed by atoms with Crippen molar-refractivity contribution in [2.75, 3.05) is 19.6 Å². The Labute approximate surface area is 126 Å². The zero-order chi connectivity index (χ0) is 14.4. The molecule has 2 nitrogen and oxygen atoms in total. The normalized spacial score (nSPS) is 30.1. The molecule has 3 unspecified atom stereocenters. The van der Waals surface area contributed by atoms with Crippen molar-refractivity contribution in [1.29, 1.82) is 0 Å². The van der Waals surface area contributed by atoms with Gasteiger partial charge in [0, 0.05) is 31.2 Å². The van der Waals surface area contributed by atoms with Crippen LogP contribution in [0, 0.1) is 0 Å². The molecule has 2 saturated heterocycles. The number of piperazine rings is 1. The van der Waals surface area contributed by atoms with Gasteiger partial charge in [-0.2, -0.15) is 0 Å². The predicted molar refractivity (Wildman–Crippen MR) is 88.2 cm³/mol. The number of rotatable bonds is 7. The van der Waals surface area contributed by atoms with Gasteiger partial charge in [0.15, 0.2) is 0 Å². The van der Waals surface area contributed by atoms with E-state index in [0.717, 1.165) is 18.1 Å². The van der Waals surface area contributed by atoms with Crippen LogP contribution in [0.2, 0.25) is 0 Å². The Kier molecular flexibility index (Phi) is 6.83. The first kappa shape index (κ1) is 16.3. The summed E-state index contributed by atoms with van der Waals surface area (Å²) in [6, 6.07) is 2.54. The van der Waals surface area contributed by atoms with Crippen LogP contribution in [0.4, 0.5) is 0 Å². The van der Waals surface area contributed by atoms with Gasteiger partial charge in [0.2, 0.25) is 0 Å². The Morgan fingerprint density at radius 1 is 1.00 bits per heavy atom. The van der Waals surface area contributed by atoms with Crippen LogP contribution in [-0.4, -0.2) is 47.6 Å². The van der Waals surface area contributed by atoms with Gasteiger partial charge in [0.05, 0.1) is 0 Å². The van der Waals surface area contributed by atoms with Crippen LogP contribution in [0.1, 0.15) is 78.6 Å². The summed E-state index contributed by atoms with van der Waals surface area (Å²) >= 11 is 0. The van der Waals surface area contributed by atoms with E-state index in [2.05, 4.69) is 30.6 Å². The molecule has 0 bridgehead atoms. The molecule has 2 aliphatic heterocycles. The fourth-order valence-corrected chi connectivity index (χ4v) is 4.33. The van der Waals surface area contributed by atoms with Crippen molar-refractivity contribution in [3.8, 4) is 0 Å². The Bertz CT molecular complexity index is 266. The highest BCUT2D eigenvalue weighted by Gasteiger charge is 2.36. The summed E-state index contributed by atoms with van der Waals surface area (Å²) in [6.45, 7) is 11.1. The number of hydrogen-bond acceptors (Lipinski definition) is 2. The minimum absolute atomic E-state index is 0.817. The molecule has 0 aromatic rings. The summed E-state index contributed by atoms with van der Waals surface area (Å²) < 4.78 is 0. The minimum atomic E-state index is 0.817. The van der Waals surface area contributed by atoms with Crippen molar-refractivity contribution in [1.82, 2.24) is 9.80 Å². The van der Waals surface area contributed by atoms with Gasteiger partial charge >= 0.3 is 0 Å². The number of unbranched alkanes of at least 4 members (excludes halogenated alkanes) is 1. The first-order chi connectivity index (χ1) is 9.80. The zero-order valence-electron chi connectivity index (χ0n) is 14.1. The highest BCUT2D eigenvalue weighted by atomic mass is 15.3. The summed E-state index contributed by atoms with van der Waals surface area (Å²) in [7, 11) is 0. The van der Waals surface area contributed by atoms with Crippen molar-refractivity contribution < 1.29 is 0 Å². The average molecular weight is 280 g/mol. The van der Waals surface area contributed by atoms with Crippen molar-refractivity contribution >= 4 is 0 Å². The molecule has 0 aromatic heterocycles. The van der Waals surface area contributed by atoms with Crippen molar-refractivity contribution in [2.45, 2.75) is 96.7 Å². The molecule has 0 N–H and O–H groups in total. The lowest BCUT2D eigenvalue weighted by Gasteiger charge is -2.51. The molecule has 2 rings (SSSR count). The maximum absolute atomic E-state index is 2.92. The van der Waals surface area contributed by atoms with E-state index in [1.165, 1.54) is 77.4 Å². The largest absolute Gasteiger partial charge is 0.298 e. The van der Waals surface area contributed by atoms with Gasteiger partial charge in [-0.3, -0.25) is 9.80 Å². The standard InChI is InChI=1S/C18H36N2/c1-4-7-11-17(10-5-2)20-15-18-12-8-9-13-19(18)14-16(20)6-3/h16-18H,4-15H2,1-3H3. The summed E-state index contributed by atoms with van der Waals surface area (Å²) in [5.74, 6) is 0. The molecular weight excluding hydrogens is 244 g/mol. The van der Waals surface area contributed by atoms with Gasteiger partial charge < -0.3 is 0 Å². The lowest BCUT2D eigenvalue weighted by Crippen LogP contribution is -2.61. The van der Waals surface area contributed by atoms with Gasteiger partial charge in [0.1, 0.15) is 0 Å². The van der Waals surface area contributed by atoms with Crippen LogP contribution < -0.4 is 0 Å². The minimum Gasteiger partial charge on any atom is -0.298 e. The maximum atomic E-state index is 2.92. The summed E-state index contributed by atoms with van der Waals surface area (Å²) in [6.07, 6.45) is 12.6. The highest BCUT2D eigenvalue weighted by molar-refractivity contribution is 4.93. The van der Waals surface area contributed by atoms with Crippen LogP contribution in [-0.2, 0) is 0 Å². The molecule has 118 valence electrons. The molecule has 2 heterocycles. The van der Waals surface area contributed by atoms with Crippen molar-refractivity contribution in [3.05, 3.63) is 0 Å². The van der Waals surface area contributed by atoms with Gasteiger partial charge in [0.25, 0.3) is 0 Å². The molecule has 2 aliphatic rings. The van der Waals surface area contributed by atoms with Gasteiger partial charge in [-0.25, -0.2) is 0 Å². The van der Waals surface area contributed by atoms with E-state index in [-0.39, 0.29) is 0 Å². The Morgan fingerprint density at radius 3 is 2.55 bits per heavy atom. The molecule has 2 fully saturated rings. The molecule has 2 heteroatoms. The van der Waals surface area contributed by atoms with E-state index in [4.69, 9.17) is 0 Å². The first-order valence-corrected chi connectivity index (χ1v) is 9.29. The van der Waals surface area contributed by atoms with Gasteiger partial charge in [-0.1, -0.05) is 46.5 Å². The van der Waals surface area contributed by atoms with Crippen LogP contribution in [0.15, 0.2) is 0 Å². The summed E-state index contributed by atoms with van der Waals surface area (Å²) in [5, 5.41) is 0. The summed E-state index contributed by atoms with van der Waals surface area (Å²) in [4.78, 5) is 5.72. The number of fused-ring (bicyclic) bond motifs is 1. The van der Waals surface area contributed by atoms with Gasteiger partial charge in [-0.05, 0) is 38.6 Å². The highest BCUT2D eigenvalue weighted by Crippen LogP contribution is 2.29. The van der Waals surface area contributed by atoms with E-state index in [1.807, 2.05) is 0 Å². The second kappa shape index (κ2) is 8.38. The van der Waals surface area contributed by atoms with Crippen LogP contribution in [0.25, 0.3) is 0 Å². The zero-order valence-corrected chi connectivity index (χ0v) is 14.1. The van der Waals surface area contributed by atoms with Crippen LogP contribution in [0.3, 0.4) is 0 Å². The van der Waals surface area contributed by atoms with E-state index in [0.29, 0.717) is 0 Å². The van der Waals surface area contributed by atoms with Crippen LogP contribution in [0.5, 0.6) is 0 Å². The fraction of sp³-hybridized carbons (Fsp3) is 1.00. The van der Waals surface area contributed by atoms with E-state index >= 15 is 0 Å². The average Bonchev–Trinajstić information content (AvgIpc) is 2.50. The Morgan fingerprint density at radius 2 is 1.85 bits per heavy atom.